The zero-order chi connectivity index (χ0) is 15.6. The van der Waals surface area contributed by atoms with E-state index in [9.17, 15) is 18.0 Å². The van der Waals surface area contributed by atoms with Gasteiger partial charge < -0.3 is 9.47 Å². The van der Waals surface area contributed by atoms with Crippen molar-refractivity contribution in [3.8, 4) is 0 Å². The van der Waals surface area contributed by atoms with Crippen molar-refractivity contribution in [2.45, 2.75) is 50.7 Å². The summed E-state index contributed by atoms with van der Waals surface area (Å²) >= 11 is 0. The minimum atomic E-state index is -3.70. The van der Waals surface area contributed by atoms with Crippen LogP contribution in [-0.2, 0) is 28.9 Å². The van der Waals surface area contributed by atoms with Crippen LogP contribution < -0.4 is 0 Å². The SMILES string of the molecule is CCCCCCCS(=O)(=O)C(CC(=O)OC)C(=O)OC. The topological polar surface area (TPSA) is 86.7 Å². The largest absolute Gasteiger partial charge is 0.469 e. The second-order valence-electron chi connectivity index (χ2n) is 4.57. The van der Waals surface area contributed by atoms with E-state index in [1.807, 2.05) is 0 Å². The van der Waals surface area contributed by atoms with Crippen molar-refractivity contribution in [2.24, 2.45) is 0 Å². The summed E-state index contributed by atoms with van der Waals surface area (Å²) in [4.78, 5) is 22.7. The summed E-state index contributed by atoms with van der Waals surface area (Å²) in [5, 5.41) is -1.47. The Bertz CT molecular complexity index is 401. The van der Waals surface area contributed by atoms with Crippen molar-refractivity contribution in [3.63, 3.8) is 0 Å². The van der Waals surface area contributed by atoms with Crippen LogP contribution in [0.5, 0.6) is 0 Å². The average molecular weight is 308 g/mol. The van der Waals surface area contributed by atoms with Crippen LogP contribution in [0, 0.1) is 0 Å². The van der Waals surface area contributed by atoms with Gasteiger partial charge in [0, 0.05) is 0 Å². The summed E-state index contributed by atoms with van der Waals surface area (Å²) in [7, 11) is -1.45. The fourth-order valence-corrected chi connectivity index (χ4v) is 3.44. The smallest absolute Gasteiger partial charge is 0.324 e. The molecule has 0 N–H and O–H groups in total. The number of esters is 2. The van der Waals surface area contributed by atoms with Gasteiger partial charge in [0.05, 0.1) is 26.4 Å². The summed E-state index contributed by atoms with van der Waals surface area (Å²) < 4.78 is 33.1. The van der Waals surface area contributed by atoms with E-state index >= 15 is 0 Å². The molecule has 0 bridgehead atoms. The summed E-state index contributed by atoms with van der Waals surface area (Å²) in [5.41, 5.74) is 0. The standard InChI is InChI=1S/C13H24O6S/c1-4-5-6-7-8-9-20(16,17)11(13(15)19-3)10-12(14)18-2/h11H,4-10H2,1-3H3. The molecule has 0 radical (unpaired) electrons. The molecular formula is C13H24O6S. The molecule has 0 aliphatic carbocycles. The fourth-order valence-electron chi connectivity index (χ4n) is 1.77. The van der Waals surface area contributed by atoms with Crippen molar-refractivity contribution >= 4 is 21.8 Å². The molecule has 0 saturated carbocycles. The second-order valence-corrected chi connectivity index (χ2v) is 6.88. The van der Waals surface area contributed by atoms with Crippen molar-refractivity contribution < 1.29 is 27.5 Å². The molecule has 0 fully saturated rings. The molecule has 6 nitrogen and oxygen atoms in total. The number of hydrogen-bond donors (Lipinski definition) is 0. The van der Waals surface area contributed by atoms with E-state index in [1.165, 1.54) is 0 Å². The van der Waals surface area contributed by atoms with Crippen molar-refractivity contribution in [1.29, 1.82) is 0 Å². The Kier molecular flexibility index (Phi) is 9.20. The lowest BCUT2D eigenvalue weighted by Crippen LogP contribution is -2.35. The minimum absolute atomic E-state index is 0.118. The van der Waals surface area contributed by atoms with E-state index in [0.29, 0.717) is 6.42 Å². The van der Waals surface area contributed by atoms with Crippen LogP contribution in [0.2, 0.25) is 0 Å². The Morgan fingerprint density at radius 1 is 1.00 bits per heavy atom. The van der Waals surface area contributed by atoms with Gasteiger partial charge in [0.25, 0.3) is 0 Å². The van der Waals surface area contributed by atoms with E-state index < -0.39 is 33.4 Å². The molecule has 0 spiro atoms. The van der Waals surface area contributed by atoms with Gasteiger partial charge in [-0.1, -0.05) is 32.6 Å². The lowest BCUT2D eigenvalue weighted by molar-refractivity contribution is -0.146. The molecule has 0 amide bonds. The van der Waals surface area contributed by atoms with Gasteiger partial charge in [-0.2, -0.15) is 0 Å². The first kappa shape index (κ1) is 18.9. The molecule has 0 heterocycles. The third kappa shape index (κ3) is 6.88. The Hall–Kier alpha value is -1.11. The average Bonchev–Trinajstić information content (AvgIpc) is 2.43. The molecule has 1 unspecified atom stereocenters. The maximum absolute atomic E-state index is 12.1. The number of carbonyl (C=O) groups excluding carboxylic acids is 2. The molecule has 7 heteroatoms. The van der Waals surface area contributed by atoms with Crippen LogP contribution in [-0.4, -0.2) is 45.6 Å². The number of hydrogen-bond acceptors (Lipinski definition) is 6. The second kappa shape index (κ2) is 9.74. The predicted octanol–water partition coefficient (Wildman–Crippen LogP) is 1.48. The van der Waals surface area contributed by atoms with Gasteiger partial charge in [0.15, 0.2) is 15.1 Å². The summed E-state index contributed by atoms with van der Waals surface area (Å²) in [6.07, 6.45) is 3.87. The number of unbranched alkanes of at least 4 members (excludes halogenated alkanes) is 4. The maximum Gasteiger partial charge on any atom is 0.324 e. The number of ether oxygens (including phenoxy) is 2. The molecule has 0 aromatic rings. The first-order valence-electron chi connectivity index (χ1n) is 6.75. The Labute approximate surface area is 120 Å². The predicted molar refractivity (Wildman–Crippen MR) is 75.0 cm³/mol. The highest BCUT2D eigenvalue weighted by atomic mass is 32.2. The van der Waals surface area contributed by atoms with Crippen molar-refractivity contribution in [1.82, 2.24) is 0 Å². The van der Waals surface area contributed by atoms with Crippen molar-refractivity contribution in [2.75, 3.05) is 20.0 Å². The molecule has 20 heavy (non-hydrogen) atoms. The molecule has 0 saturated heterocycles. The van der Waals surface area contributed by atoms with Gasteiger partial charge in [-0.3, -0.25) is 9.59 Å². The van der Waals surface area contributed by atoms with E-state index in [1.54, 1.807) is 0 Å². The number of sulfone groups is 1. The number of carbonyl (C=O) groups is 2. The van der Waals surface area contributed by atoms with Crippen molar-refractivity contribution in [3.05, 3.63) is 0 Å². The van der Waals surface area contributed by atoms with Gasteiger partial charge in [-0.15, -0.1) is 0 Å². The fraction of sp³-hybridized carbons (Fsp3) is 0.846. The van der Waals surface area contributed by atoms with Gasteiger partial charge in [-0.05, 0) is 6.42 Å². The molecule has 0 rings (SSSR count). The zero-order valence-corrected chi connectivity index (χ0v) is 13.2. The zero-order valence-electron chi connectivity index (χ0n) is 12.4. The molecular weight excluding hydrogens is 284 g/mol. The Morgan fingerprint density at radius 2 is 1.60 bits per heavy atom. The van der Waals surface area contributed by atoms with Crippen LogP contribution >= 0.6 is 0 Å². The molecule has 0 aliphatic rings. The quantitative estimate of drug-likeness (QED) is 0.449. The number of rotatable bonds is 10. The molecule has 118 valence electrons. The highest BCUT2D eigenvalue weighted by Gasteiger charge is 2.35. The highest BCUT2D eigenvalue weighted by molar-refractivity contribution is 7.92. The van der Waals surface area contributed by atoms with Crippen LogP contribution in [0.25, 0.3) is 0 Å². The first-order chi connectivity index (χ1) is 9.38. The summed E-state index contributed by atoms with van der Waals surface area (Å²) in [5.74, 6) is -1.77. The summed E-state index contributed by atoms with van der Waals surface area (Å²) in [6.45, 7) is 2.07. The van der Waals surface area contributed by atoms with Gasteiger partial charge >= 0.3 is 11.9 Å². The van der Waals surface area contributed by atoms with Crippen LogP contribution in [0.15, 0.2) is 0 Å². The molecule has 0 aliphatic heterocycles. The first-order valence-corrected chi connectivity index (χ1v) is 8.46. The van der Waals surface area contributed by atoms with Gasteiger partial charge in [0.1, 0.15) is 0 Å². The van der Waals surface area contributed by atoms with Crippen LogP contribution in [0.3, 0.4) is 0 Å². The van der Waals surface area contributed by atoms with Crippen LogP contribution in [0.4, 0.5) is 0 Å². The van der Waals surface area contributed by atoms with E-state index in [-0.39, 0.29) is 5.75 Å². The third-order valence-electron chi connectivity index (χ3n) is 3.01. The Balaban J connectivity index is 4.61. The molecule has 1 atom stereocenters. The third-order valence-corrected chi connectivity index (χ3v) is 5.09. The number of methoxy groups -OCH3 is 2. The van der Waals surface area contributed by atoms with E-state index in [4.69, 9.17) is 0 Å². The molecule has 0 aromatic carbocycles. The Morgan fingerprint density at radius 3 is 2.10 bits per heavy atom. The normalized spacial score (nSPS) is 12.8. The van der Waals surface area contributed by atoms with Crippen LogP contribution in [0.1, 0.15) is 45.4 Å². The lowest BCUT2D eigenvalue weighted by atomic mass is 10.2. The molecule has 0 aromatic heterocycles. The van der Waals surface area contributed by atoms with Gasteiger partial charge in [0.2, 0.25) is 0 Å². The monoisotopic (exact) mass is 308 g/mol. The lowest BCUT2D eigenvalue weighted by Gasteiger charge is -2.14. The van der Waals surface area contributed by atoms with E-state index in [0.717, 1.165) is 39.9 Å². The summed E-state index contributed by atoms with van der Waals surface area (Å²) in [6, 6.07) is 0. The highest BCUT2D eigenvalue weighted by Crippen LogP contribution is 2.14. The van der Waals surface area contributed by atoms with E-state index in [2.05, 4.69) is 16.4 Å². The van der Waals surface area contributed by atoms with Gasteiger partial charge in [-0.25, -0.2) is 8.42 Å². The minimum Gasteiger partial charge on any atom is -0.469 e. The maximum atomic E-state index is 12.1.